The number of anilines is 1. The fraction of sp³-hybridized carbons (Fsp3) is 0.100. The third kappa shape index (κ3) is 2.34. The molecule has 1 heterocycles. The second kappa shape index (κ2) is 4.26. The van der Waals surface area contributed by atoms with E-state index in [1.54, 1.807) is 0 Å². The Morgan fingerprint density at radius 1 is 1.26 bits per heavy atom. The minimum absolute atomic E-state index is 0.394. The molecule has 100 valence electrons. The van der Waals surface area contributed by atoms with Crippen molar-refractivity contribution in [3.63, 3.8) is 0 Å². The molecule has 0 unspecified atom stereocenters. The fourth-order valence-corrected chi connectivity index (χ4v) is 1.47. The Hall–Kier alpha value is -2.58. The van der Waals surface area contributed by atoms with Gasteiger partial charge in [-0.15, -0.1) is 15.0 Å². The van der Waals surface area contributed by atoms with E-state index in [1.807, 2.05) is 0 Å². The molecule has 0 aliphatic heterocycles. The van der Waals surface area contributed by atoms with Crippen molar-refractivity contribution in [2.45, 2.75) is 6.18 Å². The third-order valence-corrected chi connectivity index (χ3v) is 2.27. The van der Waals surface area contributed by atoms with Gasteiger partial charge in [0.1, 0.15) is 0 Å². The highest BCUT2D eigenvalue weighted by atomic mass is 19.4. The summed E-state index contributed by atoms with van der Waals surface area (Å²) in [6, 6.07) is 4.52. The number of halogens is 3. The van der Waals surface area contributed by atoms with Gasteiger partial charge in [-0.1, -0.05) is 12.1 Å². The Labute approximate surface area is 104 Å². The van der Waals surface area contributed by atoms with Crippen LogP contribution in [0.15, 0.2) is 24.3 Å². The molecule has 19 heavy (non-hydrogen) atoms. The summed E-state index contributed by atoms with van der Waals surface area (Å²) in [5, 5.41) is 15.7. The van der Waals surface area contributed by atoms with Gasteiger partial charge in [0, 0.05) is 0 Å². The fourth-order valence-electron chi connectivity index (χ4n) is 1.47. The molecule has 0 fully saturated rings. The zero-order chi connectivity index (χ0) is 14.2. The highest BCUT2D eigenvalue weighted by Crippen LogP contribution is 2.33. The third-order valence-electron chi connectivity index (χ3n) is 2.27. The average molecular weight is 272 g/mol. The number of carboxylic acids is 1. The van der Waals surface area contributed by atoms with E-state index >= 15 is 0 Å². The molecule has 0 atom stereocenters. The topological polar surface area (TPSA) is 94.0 Å². The highest BCUT2D eigenvalue weighted by molar-refractivity contribution is 5.90. The van der Waals surface area contributed by atoms with Crippen molar-refractivity contribution in [3.05, 3.63) is 35.5 Å². The predicted octanol–water partition coefficient (Wildman–Crippen LogP) is 1.57. The van der Waals surface area contributed by atoms with Crippen LogP contribution in [0.5, 0.6) is 0 Å². The lowest BCUT2D eigenvalue weighted by molar-refractivity contribution is -0.137. The molecule has 0 bridgehead atoms. The molecule has 0 spiro atoms. The van der Waals surface area contributed by atoms with Crippen LogP contribution in [-0.2, 0) is 6.18 Å². The molecule has 3 N–H and O–H groups in total. The molecule has 0 aliphatic rings. The Morgan fingerprint density at radius 2 is 1.89 bits per heavy atom. The molecule has 0 aliphatic carbocycles. The van der Waals surface area contributed by atoms with Crippen molar-refractivity contribution >= 4 is 11.8 Å². The molecule has 9 heteroatoms. The van der Waals surface area contributed by atoms with Gasteiger partial charge in [0.05, 0.1) is 11.3 Å². The van der Waals surface area contributed by atoms with Gasteiger partial charge >= 0.3 is 12.1 Å². The number of alkyl halides is 3. The lowest BCUT2D eigenvalue weighted by Gasteiger charge is -2.10. The number of carboxylic acid groups (broad SMARTS) is 1. The maximum absolute atomic E-state index is 12.8. The van der Waals surface area contributed by atoms with Crippen molar-refractivity contribution in [1.29, 1.82) is 0 Å². The molecule has 0 radical (unpaired) electrons. The number of para-hydroxylation sites is 1. The van der Waals surface area contributed by atoms with E-state index in [4.69, 9.17) is 10.8 Å². The van der Waals surface area contributed by atoms with Gasteiger partial charge in [-0.25, -0.2) is 4.79 Å². The zero-order valence-electron chi connectivity index (χ0n) is 9.22. The molecule has 1 aromatic carbocycles. The van der Waals surface area contributed by atoms with Crippen LogP contribution in [-0.4, -0.2) is 26.1 Å². The number of nitrogens with zero attached hydrogens (tertiary/aromatic N) is 3. The number of rotatable bonds is 2. The van der Waals surface area contributed by atoms with Crippen molar-refractivity contribution in [1.82, 2.24) is 15.0 Å². The number of aromatic carboxylic acids is 1. The van der Waals surface area contributed by atoms with Gasteiger partial charge < -0.3 is 10.8 Å². The molecule has 1 aromatic heterocycles. The molecule has 2 aromatic rings. The van der Waals surface area contributed by atoms with Gasteiger partial charge in [0.2, 0.25) is 5.69 Å². The average Bonchev–Trinajstić information content (AvgIpc) is 2.70. The number of aromatic nitrogens is 3. The van der Waals surface area contributed by atoms with Crippen LogP contribution < -0.4 is 5.73 Å². The standard InChI is InChI=1S/C10H7F3N4O2/c11-10(12,13)5-3-1-2-4-6(5)17-15-7(9(18)19)8(14)16-17/h1-4H,(H2,14,16)(H,18,19). The molecule has 6 nitrogen and oxygen atoms in total. The second-order valence-electron chi connectivity index (χ2n) is 3.54. The van der Waals surface area contributed by atoms with Crippen LogP contribution in [0.3, 0.4) is 0 Å². The summed E-state index contributed by atoms with van der Waals surface area (Å²) < 4.78 is 38.4. The minimum Gasteiger partial charge on any atom is -0.476 e. The lowest BCUT2D eigenvalue weighted by atomic mass is 10.2. The van der Waals surface area contributed by atoms with Crippen molar-refractivity contribution in [2.24, 2.45) is 0 Å². The number of carbonyl (C=O) groups is 1. The Bertz CT molecular complexity index is 636. The maximum Gasteiger partial charge on any atom is 0.418 e. The van der Waals surface area contributed by atoms with Crippen LogP contribution in [0.4, 0.5) is 19.0 Å². The van der Waals surface area contributed by atoms with Gasteiger partial charge in [0.25, 0.3) is 0 Å². The Kier molecular flexibility index (Phi) is 2.89. The van der Waals surface area contributed by atoms with Crippen LogP contribution in [0.1, 0.15) is 16.1 Å². The smallest absolute Gasteiger partial charge is 0.418 e. The number of benzene rings is 1. The van der Waals surface area contributed by atoms with E-state index < -0.39 is 34.9 Å². The zero-order valence-corrected chi connectivity index (χ0v) is 9.22. The summed E-state index contributed by atoms with van der Waals surface area (Å²) in [5.74, 6) is -1.92. The maximum atomic E-state index is 12.8. The number of nitrogen functional groups attached to an aromatic ring is 1. The van der Waals surface area contributed by atoms with E-state index in [-0.39, 0.29) is 0 Å². The Balaban J connectivity index is 2.60. The van der Waals surface area contributed by atoms with Crippen LogP contribution >= 0.6 is 0 Å². The van der Waals surface area contributed by atoms with Gasteiger partial charge in [-0.05, 0) is 12.1 Å². The highest BCUT2D eigenvalue weighted by Gasteiger charge is 2.34. The van der Waals surface area contributed by atoms with Crippen LogP contribution in [0.25, 0.3) is 5.69 Å². The van der Waals surface area contributed by atoms with Crippen LogP contribution in [0, 0.1) is 0 Å². The number of nitrogens with two attached hydrogens (primary N) is 1. The van der Waals surface area contributed by atoms with Crippen molar-refractivity contribution < 1.29 is 23.1 Å². The van der Waals surface area contributed by atoms with E-state index in [0.717, 1.165) is 12.1 Å². The van der Waals surface area contributed by atoms with E-state index in [1.165, 1.54) is 12.1 Å². The number of hydrogen-bond donors (Lipinski definition) is 2. The van der Waals surface area contributed by atoms with Crippen LogP contribution in [0.2, 0.25) is 0 Å². The monoisotopic (exact) mass is 272 g/mol. The second-order valence-corrected chi connectivity index (χ2v) is 3.54. The number of hydrogen-bond acceptors (Lipinski definition) is 4. The molecule has 0 saturated heterocycles. The SMILES string of the molecule is Nc1nn(-c2ccccc2C(F)(F)F)nc1C(=O)O. The summed E-state index contributed by atoms with van der Waals surface area (Å²) in [6.45, 7) is 0. The molecule has 2 rings (SSSR count). The first-order valence-corrected chi connectivity index (χ1v) is 4.93. The van der Waals surface area contributed by atoms with E-state index in [9.17, 15) is 18.0 Å². The summed E-state index contributed by atoms with van der Waals surface area (Å²) >= 11 is 0. The molecular weight excluding hydrogens is 265 g/mol. The first-order valence-electron chi connectivity index (χ1n) is 4.93. The van der Waals surface area contributed by atoms with Crippen molar-refractivity contribution in [2.75, 3.05) is 5.73 Å². The lowest BCUT2D eigenvalue weighted by Crippen LogP contribution is -2.12. The van der Waals surface area contributed by atoms with Gasteiger partial charge in [-0.3, -0.25) is 0 Å². The first-order chi connectivity index (χ1) is 8.80. The summed E-state index contributed by atoms with van der Waals surface area (Å²) in [4.78, 5) is 11.3. The summed E-state index contributed by atoms with van der Waals surface area (Å²) in [5.41, 5.74) is 3.30. The normalized spacial score (nSPS) is 11.5. The minimum atomic E-state index is -4.61. The molecular formula is C10H7F3N4O2. The summed E-state index contributed by atoms with van der Waals surface area (Å²) in [6.07, 6.45) is -4.61. The quantitative estimate of drug-likeness (QED) is 0.865. The van der Waals surface area contributed by atoms with E-state index in [0.29, 0.717) is 4.80 Å². The van der Waals surface area contributed by atoms with Gasteiger partial charge in [0.15, 0.2) is 5.82 Å². The van der Waals surface area contributed by atoms with Crippen molar-refractivity contribution in [3.8, 4) is 5.69 Å². The molecule has 0 saturated carbocycles. The molecule has 0 amide bonds. The Morgan fingerprint density at radius 3 is 2.42 bits per heavy atom. The summed E-state index contributed by atoms with van der Waals surface area (Å²) in [7, 11) is 0. The van der Waals surface area contributed by atoms with Gasteiger partial charge in [-0.2, -0.15) is 13.2 Å². The largest absolute Gasteiger partial charge is 0.476 e. The predicted molar refractivity (Wildman–Crippen MR) is 57.7 cm³/mol. The first kappa shape index (κ1) is 12.9. The van der Waals surface area contributed by atoms with E-state index in [2.05, 4.69) is 10.2 Å².